The minimum absolute atomic E-state index is 0.0326. The smallest absolute Gasteiger partial charge is 0.305 e. The number of carboxylic acid groups (broad SMARTS) is 1. The molecular weight excluding hydrogens is 270 g/mol. The fourth-order valence-electron chi connectivity index (χ4n) is 2.18. The zero-order valence-electron chi connectivity index (χ0n) is 13.2. The fraction of sp³-hybridized carbons (Fsp3) is 0.812. The Hall–Kier alpha value is -1.39. The number of imide groups is 1. The third-order valence-electron chi connectivity index (χ3n) is 3.51. The first-order valence-corrected chi connectivity index (χ1v) is 8.08. The van der Waals surface area contributed by atoms with Gasteiger partial charge in [-0.25, -0.2) is 0 Å². The average Bonchev–Trinajstić information content (AvgIpc) is 2.46. The van der Waals surface area contributed by atoms with E-state index >= 15 is 0 Å². The molecule has 5 nitrogen and oxygen atoms in total. The molecule has 122 valence electrons. The molecule has 0 bridgehead atoms. The summed E-state index contributed by atoms with van der Waals surface area (Å²) in [6, 6.07) is 0. The van der Waals surface area contributed by atoms with E-state index in [1.165, 1.54) is 38.5 Å². The Morgan fingerprint density at radius 2 is 1.43 bits per heavy atom. The summed E-state index contributed by atoms with van der Waals surface area (Å²) in [6.45, 7) is 2.17. The first kappa shape index (κ1) is 19.6. The number of rotatable bonds is 14. The molecule has 0 heterocycles. The zero-order chi connectivity index (χ0) is 15.9. The van der Waals surface area contributed by atoms with Gasteiger partial charge in [-0.1, -0.05) is 58.3 Å². The lowest BCUT2D eigenvalue weighted by Crippen LogP contribution is -2.31. The van der Waals surface area contributed by atoms with Crippen LogP contribution < -0.4 is 0 Å². The molecule has 0 spiro atoms. The molecule has 1 N–H and O–H groups in total. The van der Waals surface area contributed by atoms with Crippen LogP contribution in [-0.2, 0) is 14.4 Å². The number of carbonyl (C=O) groups excluding carboxylic acids is 2. The van der Waals surface area contributed by atoms with Crippen LogP contribution in [0.25, 0.3) is 0 Å². The molecule has 2 amide bonds. The summed E-state index contributed by atoms with van der Waals surface area (Å²) < 4.78 is 0. The molecule has 0 aromatic rings. The monoisotopic (exact) mass is 299 g/mol. The molecule has 0 aliphatic carbocycles. The van der Waals surface area contributed by atoms with Gasteiger partial charge in [0.15, 0.2) is 0 Å². The minimum Gasteiger partial charge on any atom is -0.481 e. The maximum Gasteiger partial charge on any atom is 0.305 e. The first-order valence-electron chi connectivity index (χ1n) is 8.08. The maximum atomic E-state index is 11.7. The second-order valence-corrected chi connectivity index (χ2v) is 5.41. The molecule has 0 aliphatic heterocycles. The van der Waals surface area contributed by atoms with Crippen LogP contribution in [0.5, 0.6) is 0 Å². The van der Waals surface area contributed by atoms with Gasteiger partial charge in [0.2, 0.25) is 12.3 Å². The Labute approximate surface area is 127 Å². The Morgan fingerprint density at radius 1 is 0.905 bits per heavy atom. The lowest BCUT2D eigenvalue weighted by molar-refractivity contribution is -0.140. The second-order valence-electron chi connectivity index (χ2n) is 5.41. The molecule has 0 rings (SSSR count). The van der Waals surface area contributed by atoms with E-state index in [2.05, 4.69) is 6.92 Å². The average molecular weight is 299 g/mol. The van der Waals surface area contributed by atoms with Gasteiger partial charge in [-0.15, -0.1) is 0 Å². The number of carbonyl (C=O) groups is 3. The van der Waals surface area contributed by atoms with E-state index in [1.807, 2.05) is 0 Å². The third kappa shape index (κ3) is 12.1. The van der Waals surface area contributed by atoms with E-state index in [0.717, 1.165) is 24.2 Å². The van der Waals surface area contributed by atoms with Crippen LogP contribution >= 0.6 is 0 Å². The van der Waals surface area contributed by atoms with Crippen molar-refractivity contribution in [3.63, 3.8) is 0 Å². The third-order valence-corrected chi connectivity index (χ3v) is 3.51. The number of hydrogen-bond donors (Lipinski definition) is 1. The summed E-state index contributed by atoms with van der Waals surface area (Å²) in [5.41, 5.74) is 0. The summed E-state index contributed by atoms with van der Waals surface area (Å²) in [5, 5.41) is 8.54. The molecule has 5 heteroatoms. The van der Waals surface area contributed by atoms with Crippen LogP contribution in [0.4, 0.5) is 0 Å². The number of unbranched alkanes of at least 4 members (excludes halogenated alkanes) is 8. The van der Waals surface area contributed by atoms with Gasteiger partial charge in [0.25, 0.3) is 0 Å². The summed E-state index contributed by atoms with van der Waals surface area (Å²) in [4.78, 5) is 33.8. The number of nitrogens with zero attached hydrogens (tertiary/aromatic N) is 1. The van der Waals surface area contributed by atoms with E-state index in [4.69, 9.17) is 5.11 Å². The zero-order valence-corrected chi connectivity index (χ0v) is 13.2. The molecule has 0 aliphatic rings. The summed E-state index contributed by atoms with van der Waals surface area (Å²) >= 11 is 0. The summed E-state index contributed by atoms with van der Waals surface area (Å²) in [6.07, 6.45) is 11.1. The van der Waals surface area contributed by atoms with Crippen LogP contribution in [0.3, 0.4) is 0 Å². The highest BCUT2D eigenvalue weighted by Gasteiger charge is 2.13. The van der Waals surface area contributed by atoms with Crippen LogP contribution in [0.15, 0.2) is 0 Å². The molecule has 0 fully saturated rings. The predicted octanol–water partition coefficient (Wildman–Crippen LogP) is 3.37. The Balaban J connectivity index is 3.54. The molecule has 0 saturated carbocycles. The van der Waals surface area contributed by atoms with E-state index < -0.39 is 5.97 Å². The highest BCUT2D eigenvalue weighted by Crippen LogP contribution is 2.11. The number of aliphatic carboxylic acids is 1. The molecule has 0 aromatic heterocycles. The number of carboxylic acids is 1. The van der Waals surface area contributed by atoms with Gasteiger partial charge in [-0.3, -0.25) is 19.3 Å². The number of amides is 2. The van der Waals surface area contributed by atoms with Gasteiger partial charge < -0.3 is 5.11 Å². The topological polar surface area (TPSA) is 74.7 Å². The van der Waals surface area contributed by atoms with E-state index in [0.29, 0.717) is 12.8 Å². The molecule has 0 saturated heterocycles. The fourth-order valence-corrected chi connectivity index (χ4v) is 2.18. The minimum atomic E-state index is -1.00. The molecule has 0 radical (unpaired) electrons. The largest absolute Gasteiger partial charge is 0.481 e. The van der Waals surface area contributed by atoms with Crippen molar-refractivity contribution in [1.82, 2.24) is 4.90 Å². The quantitative estimate of drug-likeness (QED) is 0.394. The first-order chi connectivity index (χ1) is 10.1. The van der Waals surface area contributed by atoms with Gasteiger partial charge in [-0.05, 0) is 6.42 Å². The normalized spacial score (nSPS) is 10.3. The van der Waals surface area contributed by atoms with Gasteiger partial charge >= 0.3 is 5.97 Å². The molecular formula is C16H29NO4. The van der Waals surface area contributed by atoms with Crippen LogP contribution in [0.1, 0.15) is 77.6 Å². The number of hydrogen-bond acceptors (Lipinski definition) is 3. The van der Waals surface area contributed by atoms with Crippen molar-refractivity contribution in [2.75, 3.05) is 6.54 Å². The van der Waals surface area contributed by atoms with Crippen LogP contribution in [-0.4, -0.2) is 34.8 Å². The van der Waals surface area contributed by atoms with E-state index in [9.17, 15) is 14.4 Å². The van der Waals surface area contributed by atoms with Gasteiger partial charge in [0.05, 0.1) is 6.42 Å². The van der Waals surface area contributed by atoms with Gasteiger partial charge in [0, 0.05) is 13.0 Å². The van der Waals surface area contributed by atoms with E-state index in [-0.39, 0.29) is 18.9 Å². The summed E-state index contributed by atoms with van der Waals surface area (Å²) in [5.74, 6) is -1.27. The van der Waals surface area contributed by atoms with Gasteiger partial charge in [0.1, 0.15) is 0 Å². The Bertz CT molecular complexity index is 305. The highest BCUT2D eigenvalue weighted by atomic mass is 16.4. The maximum absolute atomic E-state index is 11.7. The standard InChI is InChI=1S/C16H29NO4/c1-2-3-4-5-6-7-8-9-10-11-15(19)17(14-18)13-12-16(20)21/h14H,2-13H2,1H3,(H,20,21). The van der Waals surface area contributed by atoms with Crippen molar-refractivity contribution in [2.24, 2.45) is 0 Å². The summed E-state index contributed by atoms with van der Waals surface area (Å²) in [7, 11) is 0. The van der Waals surface area contributed by atoms with Gasteiger partial charge in [-0.2, -0.15) is 0 Å². The molecule has 21 heavy (non-hydrogen) atoms. The van der Waals surface area contributed by atoms with Crippen molar-refractivity contribution < 1.29 is 19.5 Å². The molecule has 0 atom stereocenters. The lowest BCUT2D eigenvalue weighted by atomic mass is 10.1. The van der Waals surface area contributed by atoms with Crippen molar-refractivity contribution in [2.45, 2.75) is 77.6 Å². The van der Waals surface area contributed by atoms with Crippen molar-refractivity contribution in [3.05, 3.63) is 0 Å². The highest BCUT2D eigenvalue weighted by molar-refractivity contribution is 5.86. The van der Waals surface area contributed by atoms with Crippen molar-refractivity contribution >= 4 is 18.3 Å². The van der Waals surface area contributed by atoms with Crippen molar-refractivity contribution in [1.29, 1.82) is 0 Å². The SMILES string of the molecule is CCCCCCCCCCCC(=O)N(C=O)CCC(=O)O. The second kappa shape index (κ2) is 13.6. The molecule has 0 unspecified atom stereocenters. The molecule has 0 aromatic carbocycles. The lowest BCUT2D eigenvalue weighted by Gasteiger charge is -2.13. The Morgan fingerprint density at radius 3 is 1.90 bits per heavy atom. The predicted molar refractivity (Wildman–Crippen MR) is 81.9 cm³/mol. The van der Waals surface area contributed by atoms with Crippen molar-refractivity contribution in [3.8, 4) is 0 Å². The van der Waals surface area contributed by atoms with E-state index in [1.54, 1.807) is 0 Å². The Kier molecular flexibility index (Phi) is 12.7. The van der Waals surface area contributed by atoms with Crippen LogP contribution in [0.2, 0.25) is 0 Å². The van der Waals surface area contributed by atoms with Crippen LogP contribution in [0, 0.1) is 0 Å².